The lowest BCUT2D eigenvalue weighted by molar-refractivity contribution is 0.882. The van der Waals surface area contributed by atoms with E-state index >= 15 is 0 Å². The van der Waals surface area contributed by atoms with Gasteiger partial charge in [0, 0.05) is 0 Å². The Balaban J connectivity index is 3.04. The van der Waals surface area contributed by atoms with E-state index in [-0.39, 0.29) is 0 Å². The second-order valence-electron chi connectivity index (χ2n) is 5.79. The molecule has 0 amide bonds. The molecule has 0 unspecified atom stereocenters. The van der Waals surface area contributed by atoms with Crippen LogP contribution in [0.25, 0.3) is 0 Å². The van der Waals surface area contributed by atoms with E-state index in [1.54, 1.807) is 6.20 Å². The first-order chi connectivity index (χ1) is 10.5. The highest BCUT2D eigenvalue weighted by Crippen LogP contribution is 2.16. The van der Waals surface area contributed by atoms with Crippen LogP contribution in [0.1, 0.15) is 56.7 Å². The molecule has 120 valence electrons. The average molecular weight is 298 g/mol. The Kier molecular flexibility index (Phi) is 7.65. The van der Waals surface area contributed by atoms with Crippen molar-refractivity contribution in [2.24, 2.45) is 4.99 Å². The number of hydrogen-bond acceptors (Lipinski definition) is 1. The van der Waals surface area contributed by atoms with Crippen molar-refractivity contribution in [3.8, 4) is 0 Å². The Labute approximate surface area is 136 Å². The Morgan fingerprint density at radius 3 is 2.50 bits per heavy atom. The maximum absolute atomic E-state index is 4.81. The summed E-state index contributed by atoms with van der Waals surface area (Å²) in [5, 5.41) is 3.23. The predicted molar refractivity (Wildman–Crippen MR) is 98.3 cm³/mol. The maximum Gasteiger partial charge on any atom is 0.128 e. The van der Waals surface area contributed by atoms with Gasteiger partial charge in [0.2, 0.25) is 0 Å². The zero-order valence-electron chi connectivity index (χ0n) is 14.8. The van der Waals surface area contributed by atoms with E-state index in [1.165, 1.54) is 27.8 Å². The maximum atomic E-state index is 4.81. The number of rotatable bonds is 7. The molecule has 0 aliphatic heterocycles. The summed E-state index contributed by atoms with van der Waals surface area (Å²) in [5.74, 6) is 0.960. The summed E-state index contributed by atoms with van der Waals surface area (Å²) in [6, 6.07) is 6.55. The van der Waals surface area contributed by atoms with Crippen LogP contribution < -0.4 is 5.32 Å². The van der Waals surface area contributed by atoms with Crippen molar-refractivity contribution in [1.82, 2.24) is 5.32 Å². The molecule has 0 spiro atoms. The van der Waals surface area contributed by atoms with E-state index in [2.05, 4.69) is 64.7 Å². The van der Waals surface area contributed by atoms with Crippen molar-refractivity contribution in [3.63, 3.8) is 0 Å². The van der Waals surface area contributed by atoms with Crippen LogP contribution in [0.2, 0.25) is 0 Å². The summed E-state index contributed by atoms with van der Waals surface area (Å²) in [7, 11) is 0. The van der Waals surface area contributed by atoms with Gasteiger partial charge in [0.25, 0.3) is 0 Å². The summed E-state index contributed by atoms with van der Waals surface area (Å²) >= 11 is 0. The molecule has 0 saturated carbocycles. The molecule has 2 nitrogen and oxygen atoms in total. The summed E-state index contributed by atoms with van der Waals surface area (Å²) in [6.07, 6.45) is 4.98. The zero-order chi connectivity index (χ0) is 16.5. The van der Waals surface area contributed by atoms with E-state index < -0.39 is 0 Å². The van der Waals surface area contributed by atoms with Crippen LogP contribution in [-0.2, 0) is 6.54 Å². The van der Waals surface area contributed by atoms with Crippen molar-refractivity contribution in [2.75, 3.05) is 0 Å². The van der Waals surface area contributed by atoms with E-state index in [1.807, 2.05) is 0 Å². The molecule has 0 aliphatic carbocycles. The molecular formula is C20H30N2. The molecule has 1 aromatic rings. The minimum absolute atomic E-state index is 0.695. The largest absolute Gasteiger partial charge is 0.347 e. The fourth-order valence-corrected chi connectivity index (χ4v) is 2.59. The van der Waals surface area contributed by atoms with Crippen LogP contribution >= 0.6 is 0 Å². The summed E-state index contributed by atoms with van der Waals surface area (Å²) in [4.78, 5) is 4.81. The SMILES string of the molecule is C=CNC(=NCc1ccc(C)c(C)c1)/C(CC)=C(\C)CCC. The summed E-state index contributed by atoms with van der Waals surface area (Å²) in [6.45, 7) is 15.4. The molecule has 0 saturated heterocycles. The van der Waals surface area contributed by atoms with Crippen molar-refractivity contribution < 1.29 is 0 Å². The summed E-state index contributed by atoms with van der Waals surface area (Å²) in [5.41, 5.74) is 6.61. The third kappa shape index (κ3) is 5.18. The molecule has 0 bridgehead atoms. The second kappa shape index (κ2) is 9.24. The molecule has 0 atom stereocenters. The van der Waals surface area contributed by atoms with E-state index in [0.29, 0.717) is 6.54 Å². The Bertz CT molecular complexity index is 565. The summed E-state index contributed by atoms with van der Waals surface area (Å²) < 4.78 is 0. The topological polar surface area (TPSA) is 24.4 Å². The lowest BCUT2D eigenvalue weighted by atomic mass is 10.0. The molecule has 1 aromatic carbocycles. The van der Waals surface area contributed by atoms with Crippen LogP contribution in [0.4, 0.5) is 0 Å². The van der Waals surface area contributed by atoms with Crippen LogP contribution in [0.5, 0.6) is 0 Å². The average Bonchev–Trinajstić information content (AvgIpc) is 2.49. The normalized spacial score (nSPS) is 12.9. The van der Waals surface area contributed by atoms with E-state index in [9.17, 15) is 0 Å². The molecule has 22 heavy (non-hydrogen) atoms. The van der Waals surface area contributed by atoms with E-state index in [0.717, 1.165) is 25.1 Å². The van der Waals surface area contributed by atoms with Gasteiger partial charge in [0.15, 0.2) is 0 Å². The molecule has 0 heterocycles. The van der Waals surface area contributed by atoms with Gasteiger partial charge in [-0.3, -0.25) is 4.99 Å². The Hall–Kier alpha value is -1.83. The number of allylic oxidation sites excluding steroid dienone is 1. The third-order valence-electron chi connectivity index (χ3n) is 4.01. The number of aliphatic imine (C=N–C) groups is 1. The van der Waals surface area contributed by atoms with Gasteiger partial charge in [0.1, 0.15) is 5.84 Å². The molecule has 0 aromatic heterocycles. The molecule has 0 radical (unpaired) electrons. The van der Waals surface area contributed by atoms with Gasteiger partial charge < -0.3 is 5.32 Å². The number of hydrogen-bond donors (Lipinski definition) is 1. The Morgan fingerprint density at radius 1 is 1.23 bits per heavy atom. The van der Waals surface area contributed by atoms with Gasteiger partial charge in [-0.25, -0.2) is 0 Å². The highest BCUT2D eigenvalue weighted by atomic mass is 15.0. The number of benzene rings is 1. The fraction of sp³-hybridized carbons (Fsp3) is 0.450. The molecule has 2 heteroatoms. The number of nitrogens with zero attached hydrogens (tertiary/aromatic N) is 1. The number of aryl methyl sites for hydroxylation is 2. The molecular weight excluding hydrogens is 268 g/mol. The smallest absolute Gasteiger partial charge is 0.128 e. The van der Waals surface area contributed by atoms with Crippen LogP contribution in [0, 0.1) is 13.8 Å². The van der Waals surface area contributed by atoms with Gasteiger partial charge in [-0.2, -0.15) is 0 Å². The van der Waals surface area contributed by atoms with Crippen LogP contribution in [-0.4, -0.2) is 5.84 Å². The quantitative estimate of drug-likeness (QED) is 0.524. The van der Waals surface area contributed by atoms with Gasteiger partial charge in [-0.05, 0) is 62.1 Å². The van der Waals surface area contributed by atoms with E-state index in [4.69, 9.17) is 4.99 Å². The van der Waals surface area contributed by atoms with Gasteiger partial charge in [-0.1, -0.05) is 50.6 Å². The first kappa shape index (κ1) is 18.2. The second-order valence-corrected chi connectivity index (χ2v) is 5.79. The highest BCUT2D eigenvalue weighted by Gasteiger charge is 2.08. The van der Waals surface area contributed by atoms with Crippen molar-refractivity contribution in [1.29, 1.82) is 0 Å². The van der Waals surface area contributed by atoms with Crippen molar-refractivity contribution in [2.45, 2.75) is 60.4 Å². The monoisotopic (exact) mass is 298 g/mol. The standard InChI is InChI=1S/C20H30N2/c1-7-10-16(5)19(8-2)20(21-9-3)22-14-18-12-11-15(4)17(6)13-18/h9,11-13H,3,7-8,10,14H2,1-2,4-6H3,(H,21,22)/b19-16+. The van der Waals surface area contributed by atoms with Crippen molar-refractivity contribution in [3.05, 3.63) is 58.8 Å². The lowest BCUT2D eigenvalue weighted by Gasteiger charge is -2.14. The zero-order valence-corrected chi connectivity index (χ0v) is 14.8. The molecule has 1 rings (SSSR count). The molecule has 1 N–H and O–H groups in total. The number of amidine groups is 1. The fourth-order valence-electron chi connectivity index (χ4n) is 2.59. The van der Waals surface area contributed by atoms with Crippen LogP contribution in [0.15, 0.2) is 47.1 Å². The van der Waals surface area contributed by atoms with Gasteiger partial charge >= 0.3 is 0 Å². The lowest BCUT2D eigenvalue weighted by Crippen LogP contribution is -2.21. The minimum atomic E-state index is 0.695. The minimum Gasteiger partial charge on any atom is -0.347 e. The first-order valence-corrected chi connectivity index (χ1v) is 8.20. The van der Waals surface area contributed by atoms with Crippen molar-refractivity contribution >= 4 is 5.84 Å². The van der Waals surface area contributed by atoms with Gasteiger partial charge in [0.05, 0.1) is 6.54 Å². The van der Waals surface area contributed by atoms with Gasteiger partial charge in [-0.15, -0.1) is 0 Å². The van der Waals surface area contributed by atoms with Crippen LogP contribution in [0.3, 0.4) is 0 Å². The first-order valence-electron chi connectivity index (χ1n) is 8.20. The Morgan fingerprint density at radius 2 is 1.95 bits per heavy atom. The third-order valence-corrected chi connectivity index (χ3v) is 4.01. The molecule has 0 fully saturated rings. The molecule has 0 aliphatic rings. The highest BCUT2D eigenvalue weighted by molar-refractivity contribution is 5.99. The predicted octanol–water partition coefficient (Wildman–Crippen LogP) is 5.46. The number of nitrogens with one attached hydrogen (secondary N) is 1.